The Kier molecular flexibility index (Phi) is 4.90. The van der Waals surface area contributed by atoms with E-state index in [2.05, 4.69) is 15.5 Å². The molecule has 7 nitrogen and oxygen atoms in total. The molecular weight excluding hydrogens is 373 g/mol. The zero-order valence-electron chi connectivity index (χ0n) is 15.7. The molecule has 29 heavy (non-hydrogen) atoms. The highest BCUT2D eigenvalue weighted by atomic mass is 19.1. The van der Waals surface area contributed by atoms with Gasteiger partial charge in [-0.3, -0.25) is 19.0 Å². The van der Waals surface area contributed by atoms with Crippen LogP contribution in [0.1, 0.15) is 23.0 Å². The number of para-hydroxylation sites is 1. The van der Waals surface area contributed by atoms with Gasteiger partial charge in [0.15, 0.2) is 5.69 Å². The van der Waals surface area contributed by atoms with Crippen LogP contribution in [0.5, 0.6) is 0 Å². The molecule has 0 atom stereocenters. The largest absolute Gasteiger partial charge is 0.318 e. The highest BCUT2D eigenvalue weighted by Crippen LogP contribution is 2.12. The third-order valence-corrected chi connectivity index (χ3v) is 4.50. The number of amides is 1. The van der Waals surface area contributed by atoms with Crippen molar-refractivity contribution in [3.63, 3.8) is 0 Å². The second-order valence-electron chi connectivity index (χ2n) is 6.52. The first-order valence-corrected chi connectivity index (χ1v) is 9.13. The maximum Gasteiger partial charge on any atom is 0.280 e. The van der Waals surface area contributed by atoms with Crippen LogP contribution in [0.25, 0.3) is 10.9 Å². The van der Waals surface area contributed by atoms with Crippen LogP contribution >= 0.6 is 0 Å². The van der Waals surface area contributed by atoms with Crippen molar-refractivity contribution in [2.24, 2.45) is 0 Å². The number of hydrogen-bond acceptors (Lipinski definition) is 4. The molecule has 0 radical (unpaired) electrons. The Balaban J connectivity index is 1.58. The van der Waals surface area contributed by atoms with Gasteiger partial charge in [-0.1, -0.05) is 24.3 Å². The number of aromatic nitrogens is 4. The van der Waals surface area contributed by atoms with E-state index < -0.39 is 11.3 Å². The van der Waals surface area contributed by atoms with Crippen LogP contribution < -0.4 is 10.7 Å². The van der Waals surface area contributed by atoms with Crippen molar-refractivity contribution in [3.05, 3.63) is 88.2 Å². The van der Waals surface area contributed by atoms with Crippen molar-refractivity contribution in [1.82, 2.24) is 19.6 Å². The molecular formula is C21H18FN5O2. The lowest BCUT2D eigenvalue weighted by Crippen LogP contribution is -2.26. The molecule has 0 aliphatic heterocycles. The molecule has 1 amide bonds. The molecule has 0 bridgehead atoms. The first-order chi connectivity index (χ1) is 14.0. The van der Waals surface area contributed by atoms with E-state index in [1.54, 1.807) is 45.9 Å². The number of hydrogen-bond donors (Lipinski definition) is 1. The monoisotopic (exact) mass is 391 g/mol. The van der Waals surface area contributed by atoms with Crippen molar-refractivity contribution >= 4 is 22.5 Å². The summed E-state index contributed by atoms with van der Waals surface area (Å²) in [7, 11) is 0. The lowest BCUT2D eigenvalue weighted by molar-refractivity contribution is 0.101. The van der Waals surface area contributed by atoms with Gasteiger partial charge in [0.1, 0.15) is 5.82 Å². The van der Waals surface area contributed by atoms with Crippen LogP contribution in [0.15, 0.2) is 65.7 Å². The average molecular weight is 391 g/mol. The van der Waals surface area contributed by atoms with Crippen LogP contribution in [0.4, 0.5) is 10.1 Å². The predicted molar refractivity (Wildman–Crippen MR) is 107 cm³/mol. The standard InChI is InChI=1S/C21H18FN5O2/c1-2-27-18-9-4-3-8-17(18)20(28)19(25-27)21(29)24-16-11-23-26(13-16)12-14-6-5-7-15(22)10-14/h3-11,13H,2,12H2,1H3,(H,24,29). The van der Waals surface area contributed by atoms with Gasteiger partial charge in [-0.05, 0) is 36.8 Å². The van der Waals surface area contributed by atoms with Crippen LogP contribution in [0.3, 0.4) is 0 Å². The molecule has 0 saturated heterocycles. The maximum absolute atomic E-state index is 13.3. The quantitative estimate of drug-likeness (QED) is 0.567. The smallest absolute Gasteiger partial charge is 0.280 e. The Morgan fingerprint density at radius 3 is 2.79 bits per heavy atom. The summed E-state index contributed by atoms with van der Waals surface area (Å²) >= 11 is 0. The minimum absolute atomic E-state index is 0.177. The molecule has 8 heteroatoms. The van der Waals surface area contributed by atoms with E-state index in [0.29, 0.717) is 29.7 Å². The second kappa shape index (κ2) is 7.67. The summed E-state index contributed by atoms with van der Waals surface area (Å²) in [5, 5.41) is 11.5. The molecule has 0 aliphatic carbocycles. The number of anilines is 1. The lowest BCUT2D eigenvalue weighted by atomic mass is 10.2. The van der Waals surface area contributed by atoms with Crippen molar-refractivity contribution in [1.29, 1.82) is 0 Å². The average Bonchev–Trinajstić information content (AvgIpc) is 3.15. The number of aryl methyl sites for hydroxylation is 1. The third kappa shape index (κ3) is 3.77. The number of rotatable bonds is 5. The molecule has 2 heterocycles. The van der Waals surface area contributed by atoms with Crippen LogP contribution in [0, 0.1) is 5.82 Å². The first kappa shape index (κ1) is 18.5. The van der Waals surface area contributed by atoms with E-state index in [4.69, 9.17) is 0 Å². The molecule has 0 spiro atoms. The molecule has 0 unspecified atom stereocenters. The summed E-state index contributed by atoms with van der Waals surface area (Å²) in [6, 6.07) is 13.3. The molecule has 2 aromatic carbocycles. The lowest BCUT2D eigenvalue weighted by Gasteiger charge is -2.09. The Morgan fingerprint density at radius 2 is 2.00 bits per heavy atom. The second-order valence-corrected chi connectivity index (χ2v) is 6.52. The van der Waals surface area contributed by atoms with E-state index in [9.17, 15) is 14.0 Å². The molecule has 1 N–H and O–H groups in total. The summed E-state index contributed by atoms with van der Waals surface area (Å²) < 4.78 is 16.5. The van der Waals surface area contributed by atoms with E-state index >= 15 is 0 Å². The van der Waals surface area contributed by atoms with Gasteiger partial charge < -0.3 is 5.32 Å². The number of nitrogens with one attached hydrogen (secondary N) is 1. The highest BCUT2D eigenvalue weighted by Gasteiger charge is 2.17. The van der Waals surface area contributed by atoms with Gasteiger partial charge in [-0.2, -0.15) is 10.2 Å². The zero-order valence-corrected chi connectivity index (χ0v) is 15.7. The van der Waals surface area contributed by atoms with E-state index in [1.165, 1.54) is 18.3 Å². The van der Waals surface area contributed by atoms with Gasteiger partial charge in [-0.15, -0.1) is 0 Å². The van der Waals surface area contributed by atoms with Crippen LogP contribution in [-0.4, -0.2) is 25.5 Å². The van der Waals surface area contributed by atoms with E-state index in [1.807, 2.05) is 13.0 Å². The van der Waals surface area contributed by atoms with Gasteiger partial charge in [0.05, 0.1) is 23.9 Å². The van der Waals surface area contributed by atoms with Crippen molar-refractivity contribution in [2.75, 3.05) is 5.32 Å². The Hall–Kier alpha value is -3.81. The zero-order chi connectivity index (χ0) is 20.4. The highest BCUT2D eigenvalue weighted by molar-refractivity contribution is 6.04. The van der Waals surface area contributed by atoms with Crippen molar-refractivity contribution < 1.29 is 9.18 Å². The molecule has 146 valence electrons. The molecule has 0 saturated carbocycles. The van der Waals surface area contributed by atoms with Gasteiger partial charge >= 0.3 is 0 Å². The fraction of sp³-hybridized carbons (Fsp3) is 0.143. The molecule has 0 fully saturated rings. The Labute approximate surface area is 165 Å². The van der Waals surface area contributed by atoms with Gasteiger partial charge in [0, 0.05) is 18.1 Å². The normalized spacial score (nSPS) is 11.0. The Bertz CT molecular complexity index is 1260. The number of carbonyl (C=O) groups excluding carboxylic acids is 1. The fourth-order valence-electron chi connectivity index (χ4n) is 3.16. The van der Waals surface area contributed by atoms with Crippen LogP contribution in [0.2, 0.25) is 0 Å². The van der Waals surface area contributed by atoms with Crippen molar-refractivity contribution in [2.45, 2.75) is 20.0 Å². The van der Waals surface area contributed by atoms with Gasteiger partial charge in [0.25, 0.3) is 5.91 Å². The topological polar surface area (TPSA) is 81.8 Å². The number of nitrogens with zero attached hydrogens (tertiary/aromatic N) is 4. The fourth-order valence-corrected chi connectivity index (χ4v) is 3.16. The number of fused-ring (bicyclic) bond motifs is 1. The SMILES string of the molecule is CCn1nc(C(=O)Nc2cnn(Cc3cccc(F)c3)c2)c(=O)c2ccccc21. The molecule has 4 aromatic rings. The maximum atomic E-state index is 13.3. The summed E-state index contributed by atoms with van der Waals surface area (Å²) in [5.74, 6) is -0.925. The summed E-state index contributed by atoms with van der Waals surface area (Å²) in [6.07, 6.45) is 3.08. The summed E-state index contributed by atoms with van der Waals surface area (Å²) in [5.41, 5.74) is 1.25. The van der Waals surface area contributed by atoms with Gasteiger partial charge in [0.2, 0.25) is 5.43 Å². The Morgan fingerprint density at radius 1 is 1.17 bits per heavy atom. The minimum atomic E-state index is -0.603. The minimum Gasteiger partial charge on any atom is -0.318 e. The molecule has 0 aliphatic rings. The number of halogens is 1. The van der Waals surface area contributed by atoms with E-state index in [0.717, 1.165) is 5.56 Å². The summed E-state index contributed by atoms with van der Waals surface area (Å²) in [4.78, 5) is 25.4. The van der Waals surface area contributed by atoms with Gasteiger partial charge in [-0.25, -0.2) is 4.39 Å². The molecule has 4 rings (SSSR count). The predicted octanol–water partition coefficient (Wildman–Crippen LogP) is 3.05. The number of benzene rings is 2. The third-order valence-electron chi connectivity index (χ3n) is 4.50. The van der Waals surface area contributed by atoms with Crippen LogP contribution in [-0.2, 0) is 13.1 Å². The number of carbonyl (C=O) groups is 1. The van der Waals surface area contributed by atoms with E-state index in [-0.39, 0.29) is 11.5 Å². The first-order valence-electron chi connectivity index (χ1n) is 9.13. The van der Waals surface area contributed by atoms with Crippen molar-refractivity contribution in [3.8, 4) is 0 Å². The molecule has 2 aromatic heterocycles. The summed E-state index contributed by atoms with van der Waals surface area (Å²) in [6.45, 7) is 2.76.